The number of aromatic nitrogens is 1. The maximum absolute atomic E-state index is 12.8. The summed E-state index contributed by atoms with van der Waals surface area (Å²) in [5.74, 6) is 0.671. The van der Waals surface area contributed by atoms with Crippen LogP contribution in [0.3, 0.4) is 0 Å². The number of ether oxygens (including phenoxy) is 1. The molecular weight excluding hydrogens is 441 g/mol. The molecule has 5 nitrogen and oxygen atoms in total. The summed E-state index contributed by atoms with van der Waals surface area (Å²) in [4.78, 5) is 19.9. The average molecular weight is 464 g/mol. The number of benzene rings is 2. The normalized spacial score (nSPS) is 15.5. The highest BCUT2D eigenvalue weighted by Crippen LogP contribution is 2.35. The summed E-state index contributed by atoms with van der Waals surface area (Å²) < 4.78 is 6.31. The number of carbonyl (C=O) groups excluding carboxylic acids is 1. The molecule has 2 heterocycles. The molecule has 8 heteroatoms. The first-order chi connectivity index (χ1) is 14.4. The van der Waals surface area contributed by atoms with Gasteiger partial charge in [0.2, 0.25) is 0 Å². The van der Waals surface area contributed by atoms with Crippen molar-refractivity contribution in [2.45, 2.75) is 26.3 Å². The first kappa shape index (κ1) is 21.4. The Morgan fingerprint density at radius 2 is 1.97 bits per heavy atom. The van der Waals surface area contributed by atoms with Gasteiger partial charge in [0.25, 0.3) is 5.91 Å². The van der Waals surface area contributed by atoms with Gasteiger partial charge in [0.05, 0.1) is 27.4 Å². The van der Waals surface area contributed by atoms with E-state index >= 15 is 0 Å². The van der Waals surface area contributed by atoms with Crippen LogP contribution in [0.2, 0.25) is 10.0 Å². The van der Waals surface area contributed by atoms with E-state index in [1.807, 2.05) is 6.07 Å². The molecule has 1 N–H and O–H groups in total. The van der Waals surface area contributed by atoms with Crippen LogP contribution in [0, 0.1) is 5.92 Å². The third kappa shape index (κ3) is 4.57. The number of carbonyl (C=O) groups is 1. The summed E-state index contributed by atoms with van der Waals surface area (Å²) in [5.41, 5.74) is 2.32. The largest absolute Gasteiger partial charge is 0.494 e. The fraction of sp³-hybridized carbons (Fsp3) is 0.364. The summed E-state index contributed by atoms with van der Waals surface area (Å²) >= 11 is 13.8. The van der Waals surface area contributed by atoms with Crippen LogP contribution in [-0.2, 0) is 6.54 Å². The quantitative estimate of drug-likeness (QED) is 0.496. The summed E-state index contributed by atoms with van der Waals surface area (Å²) in [5, 5.41) is 3.94. The third-order valence-electron chi connectivity index (χ3n) is 5.45. The summed E-state index contributed by atoms with van der Waals surface area (Å²) in [6.45, 7) is 5.55. The molecular formula is C22H23Cl2N3O2S. The number of amides is 1. The molecule has 4 rings (SSSR count). The van der Waals surface area contributed by atoms with Gasteiger partial charge < -0.3 is 4.74 Å². The molecule has 1 aromatic heterocycles. The standard InChI is InChI=1S/C22H23Cl2N3O2S/c1-13-7-9-27(10-8-13)12-14-3-6-17-18(11-14)30-22(25-17)26-21(28)19-15(23)4-5-16(24)20(19)29-2/h3-6,11,13H,7-10,12H2,1-2H3,(H,25,26,28). The highest BCUT2D eigenvalue weighted by Gasteiger charge is 2.21. The van der Waals surface area contributed by atoms with Crippen LogP contribution in [0.4, 0.5) is 5.13 Å². The van der Waals surface area contributed by atoms with Crippen LogP contribution in [0.25, 0.3) is 10.2 Å². The summed E-state index contributed by atoms with van der Waals surface area (Å²) in [7, 11) is 1.45. The first-order valence-electron chi connectivity index (χ1n) is 9.89. The molecule has 1 fully saturated rings. The Labute approximate surface area is 190 Å². The van der Waals surface area contributed by atoms with Crippen molar-refractivity contribution in [3.63, 3.8) is 0 Å². The lowest BCUT2D eigenvalue weighted by atomic mass is 9.99. The van der Waals surface area contributed by atoms with Gasteiger partial charge in [0.15, 0.2) is 10.9 Å². The smallest absolute Gasteiger partial charge is 0.262 e. The van der Waals surface area contributed by atoms with Gasteiger partial charge in [-0.3, -0.25) is 15.0 Å². The number of nitrogens with one attached hydrogen (secondary N) is 1. The Bertz CT molecular complexity index is 1080. The number of fused-ring (bicyclic) bond motifs is 1. The summed E-state index contributed by atoms with van der Waals surface area (Å²) in [6.07, 6.45) is 2.52. The Kier molecular flexibility index (Phi) is 6.48. The minimum Gasteiger partial charge on any atom is -0.494 e. The van der Waals surface area contributed by atoms with Crippen molar-refractivity contribution in [2.24, 2.45) is 5.92 Å². The van der Waals surface area contributed by atoms with Crippen LogP contribution in [0.15, 0.2) is 30.3 Å². The average Bonchev–Trinajstić information content (AvgIpc) is 3.12. The van der Waals surface area contributed by atoms with E-state index in [9.17, 15) is 4.79 Å². The van der Waals surface area contributed by atoms with Gasteiger partial charge in [-0.05, 0) is 61.7 Å². The number of hydrogen-bond acceptors (Lipinski definition) is 5. The number of thiazole rings is 1. The second-order valence-electron chi connectivity index (χ2n) is 7.67. The van der Waals surface area contributed by atoms with Gasteiger partial charge in [-0.25, -0.2) is 4.98 Å². The number of hydrogen-bond donors (Lipinski definition) is 1. The predicted octanol–water partition coefficient (Wildman–Crippen LogP) is 6.10. The van der Waals surface area contributed by atoms with E-state index in [1.165, 1.54) is 36.9 Å². The topological polar surface area (TPSA) is 54.5 Å². The zero-order valence-corrected chi connectivity index (χ0v) is 19.2. The van der Waals surface area contributed by atoms with Crippen molar-refractivity contribution in [2.75, 3.05) is 25.5 Å². The second kappa shape index (κ2) is 9.10. The van der Waals surface area contributed by atoms with Crippen LogP contribution in [0.1, 0.15) is 35.7 Å². The van der Waals surface area contributed by atoms with Gasteiger partial charge in [-0.15, -0.1) is 0 Å². The lowest BCUT2D eigenvalue weighted by Crippen LogP contribution is -2.32. The molecule has 1 aliphatic heterocycles. The molecule has 0 radical (unpaired) electrons. The minimum atomic E-state index is -0.402. The Hall–Kier alpha value is -1.86. The van der Waals surface area contributed by atoms with E-state index in [4.69, 9.17) is 27.9 Å². The van der Waals surface area contributed by atoms with Gasteiger partial charge in [-0.2, -0.15) is 0 Å². The molecule has 1 aliphatic rings. The van der Waals surface area contributed by atoms with E-state index in [1.54, 1.807) is 12.1 Å². The van der Waals surface area contributed by atoms with Gasteiger partial charge in [0.1, 0.15) is 5.56 Å². The van der Waals surface area contributed by atoms with Crippen molar-refractivity contribution in [3.05, 3.63) is 51.5 Å². The molecule has 0 saturated carbocycles. The predicted molar refractivity (Wildman–Crippen MR) is 124 cm³/mol. The molecule has 1 saturated heterocycles. The zero-order chi connectivity index (χ0) is 21.3. The van der Waals surface area contributed by atoms with E-state index in [-0.39, 0.29) is 16.3 Å². The van der Waals surface area contributed by atoms with Crippen molar-refractivity contribution in [1.82, 2.24) is 9.88 Å². The molecule has 0 bridgehead atoms. The SMILES string of the molecule is COc1c(Cl)ccc(Cl)c1C(=O)Nc1nc2ccc(CN3CCC(C)CC3)cc2s1. The van der Waals surface area contributed by atoms with Crippen LogP contribution in [-0.4, -0.2) is 36.0 Å². The molecule has 0 aliphatic carbocycles. The number of rotatable bonds is 5. The van der Waals surface area contributed by atoms with E-state index in [2.05, 4.69) is 34.3 Å². The summed E-state index contributed by atoms with van der Waals surface area (Å²) in [6, 6.07) is 9.46. The maximum atomic E-state index is 12.8. The van der Waals surface area contributed by atoms with Crippen LogP contribution in [0.5, 0.6) is 5.75 Å². The minimum absolute atomic E-state index is 0.200. The number of piperidine rings is 1. The third-order valence-corrected chi connectivity index (χ3v) is 6.99. The van der Waals surface area contributed by atoms with Crippen molar-refractivity contribution < 1.29 is 9.53 Å². The lowest BCUT2D eigenvalue weighted by molar-refractivity contribution is 0.102. The van der Waals surface area contributed by atoms with Crippen LogP contribution >= 0.6 is 34.5 Å². The zero-order valence-electron chi connectivity index (χ0n) is 16.9. The number of halogens is 2. The van der Waals surface area contributed by atoms with Gasteiger partial charge in [0, 0.05) is 6.54 Å². The molecule has 0 spiro atoms. The van der Waals surface area contributed by atoms with Crippen LogP contribution < -0.4 is 10.1 Å². The Morgan fingerprint density at radius 3 is 2.70 bits per heavy atom. The molecule has 3 aromatic rings. The molecule has 1 amide bonds. The van der Waals surface area contributed by atoms with Crippen molar-refractivity contribution >= 4 is 55.8 Å². The highest BCUT2D eigenvalue weighted by molar-refractivity contribution is 7.22. The monoisotopic (exact) mass is 463 g/mol. The van der Waals surface area contributed by atoms with Gasteiger partial charge in [-0.1, -0.05) is 47.5 Å². The molecule has 30 heavy (non-hydrogen) atoms. The molecule has 0 atom stereocenters. The number of methoxy groups -OCH3 is 1. The Balaban J connectivity index is 1.52. The van der Waals surface area contributed by atoms with Crippen molar-refractivity contribution in [3.8, 4) is 5.75 Å². The number of nitrogens with zero attached hydrogens (tertiary/aromatic N) is 2. The highest BCUT2D eigenvalue weighted by atomic mass is 35.5. The molecule has 158 valence electrons. The second-order valence-corrected chi connectivity index (χ2v) is 9.52. The first-order valence-corrected chi connectivity index (χ1v) is 11.5. The van der Waals surface area contributed by atoms with E-state index in [0.29, 0.717) is 10.2 Å². The van der Waals surface area contributed by atoms with E-state index in [0.717, 1.165) is 35.8 Å². The maximum Gasteiger partial charge on any atom is 0.262 e. The van der Waals surface area contributed by atoms with E-state index < -0.39 is 5.91 Å². The molecule has 0 unspecified atom stereocenters. The molecule has 2 aromatic carbocycles. The fourth-order valence-corrected chi connectivity index (χ4v) is 5.10. The van der Waals surface area contributed by atoms with Crippen molar-refractivity contribution in [1.29, 1.82) is 0 Å². The Morgan fingerprint density at radius 1 is 1.23 bits per heavy atom. The number of anilines is 1. The fourth-order valence-electron chi connectivity index (χ4n) is 3.70. The number of likely N-dealkylation sites (tertiary alicyclic amines) is 1. The lowest BCUT2D eigenvalue weighted by Gasteiger charge is -2.30. The van der Waals surface area contributed by atoms with Gasteiger partial charge >= 0.3 is 0 Å².